The summed E-state index contributed by atoms with van der Waals surface area (Å²) in [5, 5.41) is 7.52. The average Bonchev–Trinajstić information content (AvgIpc) is 2.39. The SMILES string of the molecule is CCC(Nc1cnn(CCOC)c(=O)c1Br)C(C)C. The van der Waals surface area contributed by atoms with E-state index in [1.54, 1.807) is 13.3 Å². The first-order valence-electron chi connectivity index (χ1n) is 6.52. The molecular formula is C13H22BrN3O2. The van der Waals surface area contributed by atoms with Crippen molar-refractivity contribution < 1.29 is 4.74 Å². The van der Waals surface area contributed by atoms with Gasteiger partial charge in [-0.3, -0.25) is 4.79 Å². The van der Waals surface area contributed by atoms with Gasteiger partial charge in [0.15, 0.2) is 0 Å². The van der Waals surface area contributed by atoms with Gasteiger partial charge in [-0.15, -0.1) is 0 Å². The molecule has 5 nitrogen and oxygen atoms in total. The number of halogens is 1. The van der Waals surface area contributed by atoms with E-state index in [2.05, 4.69) is 47.1 Å². The van der Waals surface area contributed by atoms with Crippen LogP contribution in [-0.4, -0.2) is 29.5 Å². The first-order valence-corrected chi connectivity index (χ1v) is 7.31. The molecule has 1 aromatic rings. The fourth-order valence-electron chi connectivity index (χ4n) is 1.84. The summed E-state index contributed by atoms with van der Waals surface area (Å²) in [6.45, 7) is 7.36. The Morgan fingerprint density at radius 3 is 2.74 bits per heavy atom. The van der Waals surface area contributed by atoms with Crippen molar-refractivity contribution in [2.24, 2.45) is 5.92 Å². The Balaban J connectivity index is 2.93. The quantitative estimate of drug-likeness (QED) is 0.834. The highest BCUT2D eigenvalue weighted by Crippen LogP contribution is 2.20. The van der Waals surface area contributed by atoms with E-state index in [4.69, 9.17) is 4.74 Å². The summed E-state index contributed by atoms with van der Waals surface area (Å²) in [5.41, 5.74) is 0.611. The standard InChI is InChI=1S/C13H22BrN3O2/c1-5-10(9(2)3)16-11-8-15-17(6-7-19-4)13(18)12(11)14/h8-10,16H,5-7H2,1-4H3. The van der Waals surface area contributed by atoms with E-state index >= 15 is 0 Å². The Kier molecular flexibility index (Phi) is 6.51. The maximum Gasteiger partial charge on any atom is 0.283 e. The lowest BCUT2D eigenvalue weighted by Gasteiger charge is -2.22. The van der Waals surface area contributed by atoms with Crippen LogP contribution in [0.3, 0.4) is 0 Å². The summed E-state index contributed by atoms with van der Waals surface area (Å²) in [6, 6.07) is 0.326. The van der Waals surface area contributed by atoms with Crippen LogP contribution in [0.2, 0.25) is 0 Å². The number of hydrogen-bond donors (Lipinski definition) is 1. The predicted molar refractivity (Wildman–Crippen MR) is 80.6 cm³/mol. The lowest BCUT2D eigenvalue weighted by Crippen LogP contribution is -2.29. The third kappa shape index (κ3) is 4.31. The number of ether oxygens (including phenoxy) is 1. The summed E-state index contributed by atoms with van der Waals surface area (Å²) in [7, 11) is 1.60. The molecule has 0 aromatic carbocycles. The van der Waals surface area contributed by atoms with Crippen LogP contribution in [0, 0.1) is 5.92 Å². The zero-order chi connectivity index (χ0) is 14.4. The molecule has 0 amide bonds. The largest absolute Gasteiger partial charge is 0.383 e. The topological polar surface area (TPSA) is 56.1 Å². The number of nitrogens with one attached hydrogen (secondary N) is 1. The van der Waals surface area contributed by atoms with Crippen molar-refractivity contribution >= 4 is 21.6 Å². The minimum absolute atomic E-state index is 0.138. The highest BCUT2D eigenvalue weighted by Gasteiger charge is 2.15. The van der Waals surface area contributed by atoms with Gasteiger partial charge in [0.2, 0.25) is 0 Å². The van der Waals surface area contributed by atoms with Gasteiger partial charge in [0.1, 0.15) is 4.47 Å². The maximum absolute atomic E-state index is 12.1. The lowest BCUT2D eigenvalue weighted by atomic mass is 10.0. The average molecular weight is 332 g/mol. The molecule has 1 heterocycles. The van der Waals surface area contributed by atoms with Gasteiger partial charge in [0.05, 0.1) is 25.0 Å². The van der Waals surface area contributed by atoms with Crippen LogP contribution in [0.25, 0.3) is 0 Å². The molecule has 0 bridgehead atoms. The van der Waals surface area contributed by atoms with Crippen LogP contribution in [0.4, 0.5) is 5.69 Å². The summed E-state index contributed by atoms with van der Waals surface area (Å²) in [5.74, 6) is 0.493. The molecule has 0 fully saturated rings. The van der Waals surface area contributed by atoms with Crippen LogP contribution in [0.15, 0.2) is 15.5 Å². The van der Waals surface area contributed by atoms with Gasteiger partial charge in [-0.25, -0.2) is 4.68 Å². The predicted octanol–water partition coefficient (Wildman–Crippen LogP) is 2.50. The molecule has 1 unspecified atom stereocenters. The third-order valence-electron chi connectivity index (χ3n) is 3.08. The fraction of sp³-hybridized carbons (Fsp3) is 0.692. The molecule has 1 aromatic heterocycles. The molecule has 0 aliphatic carbocycles. The number of anilines is 1. The second kappa shape index (κ2) is 7.65. The normalized spacial score (nSPS) is 12.7. The van der Waals surface area contributed by atoms with Crippen LogP contribution < -0.4 is 10.9 Å². The number of rotatable bonds is 7. The van der Waals surface area contributed by atoms with Crippen LogP contribution >= 0.6 is 15.9 Å². The molecule has 108 valence electrons. The van der Waals surface area contributed by atoms with Gasteiger partial charge in [0.25, 0.3) is 5.56 Å². The Bertz CT molecular complexity index is 460. The Morgan fingerprint density at radius 2 is 2.21 bits per heavy atom. The van der Waals surface area contributed by atoms with Crippen molar-refractivity contribution in [2.45, 2.75) is 39.8 Å². The van der Waals surface area contributed by atoms with E-state index in [1.807, 2.05) is 0 Å². The first kappa shape index (κ1) is 16.2. The Hall–Kier alpha value is -0.880. The van der Waals surface area contributed by atoms with Gasteiger partial charge in [-0.1, -0.05) is 20.8 Å². The van der Waals surface area contributed by atoms with Crippen LogP contribution in [0.1, 0.15) is 27.2 Å². The third-order valence-corrected chi connectivity index (χ3v) is 3.84. The molecule has 0 radical (unpaired) electrons. The zero-order valence-corrected chi connectivity index (χ0v) is 13.5. The molecule has 0 saturated carbocycles. The van der Waals surface area contributed by atoms with Crippen molar-refractivity contribution in [3.63, 3.8) is 0 Å². The van der Waals surface area contributed by atoms with E-state index in [0.29, 0.717) is 29.6 Å². The molecule has 1 rings (SSSR count). The number of aromatic nitrogens is 2. The van der Waals surface area contributed by atoms with Crippen molar-refractivity contribution in [1.82, 2.24) is 9.78 Å². The summed E-state index contributed by atoms with van der Waals surface area (Å²) >= 11 is 3.35. The summed E-state index contributed by atoms with van der Waals surface area (Å²) in [6.07, 6.45) is 2.68. The number of methoxy groups -OCH3 is 1. The minimum atomic E-state index is -0.138. The Morgan fingerprint density at radius 1 is 1.53 bits per heavy atom. The lowest BCUT2D eigenvalue weighted by molar-refractivity contribution is 0.181. The monoisotopic (exact) mass is 331 g/mol. The maximum atomic E-state index is 12.1. The van der Waals surface area contributed by atoms with Gasteiger partial charge >= 0.3 is 0 Å². The molecule has 1 atom stereocenters. The number of nitrogens with zero attached hydrogens (tertiary/aromatic N) is 2. The molecular weight excluding hydrogens is 310 g/mol. The Labute approximate surface area is 122 Å². The van der Waals surface area contributed by atoms with E-state index in [-0.39, 0.29) is 5.56 Å². The van der Waals surface area contributed by atoms with E-state index in [1.165, 1.54) is 4.68 Å². The van der Waals surface area contributed by atoms with Gasteiger partial charge in [0, 0.05) is 13.2 Å². The second-order valence-electron chi connectivity index (χ2n) is 4.80. The molecule has 0 spiro atoms. The summed E-state index contributed by atoms with van der Waals surface area (Å²) < 4.78 is 6.88. The van der Waals surface area contributed by atoms with Crippen molar-refractivity contribution in [2.75, 3.05) is 19.0 Å². The van der Waals surface area contributed by atoms with Crippen molar-refractivity contribution in [1.29, 1.82) is 0 Å². The highest BCUT2D eigenvalue weighted by molar-refractivity contribution is 9.10. The number of hydrogen-bond acceptors (Lipinski definition) is 4. The van der Waals surface area contributed by atoms with Gasteiger partial charge in [-0.2, -0.15) is 5.10 Å². The molecule has 6 heteroatoms. The molecule has 0 aliphatic heterocycles. The van der Waals surface area contributed by atoms with Crippen molar-refractivity contribution in [3.8, 4) is 0 Å². The summed E-state index contributed by atoms with van der Waals surface area (Å²) in [4.78, 5) is 12.1. The molecule has 0 saturated heterocycles. The van der Waals surface area contributed by atoms with Crippen LogP contribution in [0.5, 0.6) is 0 Å². The van der Waals surface area contributed by atoms with Crippen LogP contribution in [-0.2, 0) is 11.3 Å². The van der Waals surface area contributed by atoms with E-state index in [9.17, 15) is 4.79 Å². The van der Waals surface area contributed by atoms with Gasteiger partial charge in [-0.05, 0) is 28.3 Å². The minimum Gasteiger partial charge on any atom is -0.383 e. The highest BCUT2D eigenvalue weighted by atomic mass is 79.9. The molecule has 0 aliphatic rings. The van der Waals surface area contributed by atoms with E-state index < -0.39 is 0 Å². The first-order chi connectivity index (χ1) is 9.01. The van der Waals surface area contributed by atoms with E-state index in [0.717, 1.165) is 12.1 Å². The smallest absolute Gasteiger partial charge is 0.283 e. The second-order valence-corrected chi connectivity index (χ2v) is 5.59. The molecule has 1 N–H and O–H groups in total. The zero-order valence-electron chi connectivity index (χ0n) is 11.9. The van der Waals surface area contributed by atoms with Gasteiger partial charge < -0.3 is 10.1 Å². The fourth-order valence-corrected chi connectivity index (χ4v) is 2.26. The molecule has 19 heavy (non-hydrogen) atoms. The van der Waals surface area contributed by atoms with Crippen molar-refractivity contribution in [3.05, 3.63) is 21.0 Å².